The molecule has 0 saturated carbocycles. The Labute approximate surface area is 198 Å². The number of ether oxygens (including phenoxy) is 1. The molecule has 1 unspecified atom stereocenters. The van der Waals surface area contributed by atoms with Crippen molar-refractivity contribution in [3.05, 3.63) is 64.6 Å². The van der Waals surface area contributed by atoms with E-state index in [2.05, 4.69) is 14.7 Å². The summed E-state index contributed by atoms with van der Waals surface area (Å²) in [5.74, 6) is 3.06. The average molecular weight is 463 g/mol. The van der Waals surface area contributed by atoms with Crippen molar-refractivity contribution in [2.45, 2.75) is 57.9 Å². The molecule has 0 bridgehead atoms. The largest absolute Gasteiger partial charge is 0.497 e. The van der Waals surface area contributed by atoms with Crippen LogP contribution in [0.1, 0.15) is 76.3 Å². The van der Waals surface area contributed by atoms with E-state index in [1.54, 1.807) is 13.2 Å². The molecule has 1 amide bonds. The number of carbonyl (C=O) groups is 2. The molecule has 1 aromatic carbocycles. The summed E-state index contributed by atoms with van der Waals surface area (Å²) in [5.41, 5.74) is 3.66. The molecule has 1 fully saturated rings. The molecule has 178 valence electrons. The molecule has 3 heterocycles. The summed E-state index contributed by atoms with van der Waals surface area (Å²) in [6.07, 6.45) is 6.34. The van der Waals surface area contributed by atoms with Gasteiger partial charge in [-0.1, -0.05) is 5.16 Å². The van der Waals surface area contributed by atoms with Gasteiger partial charge in [-0.15, -0.1) is 0 Å². The van der Waals surface area contributed by atoms with Crippen molar-refractivity contribution < 1.29 is 18.8 Å². The van der Waals surface area contributed by atoms with Crippen molar-refractivity contribution in [2.75, 3.05) is 20.2 Å². The molecule has 34 heavy (non-hydrogen) atoms. The zero-order valence-corrected chi connectivity index (χ0v) is 19.9. The van der Waals surface area contributed by atoms with Gasteiger partial charge in [-0.05, 0) is 50.5 Å². The molecule has 1 aliphatic carbocycles. The zero-order chi connectivity index (χ0) is 23.8. The van der Waals surface area contributed by atoms with E-state index >= 15 is 0 Å². The highest BCUT2D eigenvalue weighted by Crippen LogP contribution is 2.38. The SMILES string of the molecule is COc1ccc2c(c1)C(CC(=O)N1CCC(c3nccn3Cc3c(C)noc3C)CC1)CC2=O. The summed E-state index contributed by atoms with van der Waals surface area (Å²) in [6.45, 7) is 5.98. The lowest BCUT2D eigenvalue weighted by molar-refractivity contribution is -0.132. The van der Waals surface area contributed by atoms with Gasteiger partial charge < -0.3 is 18.7 Å². The number of aryl methyl sites for hydroxylation is 2. The molecule has 1 aliphatic heterocycles. The minimum Gasteiger partial charge on any atom is -0.497 e. The fraction of sp³-hybridized carbons (Fsp3) is 0.462. The molecule has 3 aromatic rings. The molecule has 1 saturated heterocycles. The number of Topliss-reactive ketones (excluding diaryl/α,β-unsaturated/α-hetero) is 1. The third kappa shape index (κ3) is 4.13. The summed E-state index contributed by atoms with van der Waals surface area (Å²) in [4.78, 5) is 32.1. The van der Waals surface area contributed by atoms with E-state index in [1.807, 2.05) is 43.3 Å². The number of amides is 1. The van der Waals surface area contributed by atoms with Gasteiger partial charge in [0.1, 0.15) is 17.3 Å². The number of hydrogen-bond acceptors (Lipinski definition) is 6. The smallest absolute Gasteiger partial charge is 0.223 e. The fourth-order valence-electron chi connectivity index (χ4n) is 5.32. The lowest BCUT2D eigenvalue weighted by Crippen LogP contribution is -2.38. The maximum Gasteiger partial charge on any atom is 0.223 e. The van der Waals surface area contributed by atoms with Gasteiger partial charge in [-0.25, -0.2) is 4.98 Å². The van der Waals surface area contributed by atoms with Crippen molar-refractivity contribution in [2.24, 2.45) is 0 Å². The van der Waals surface area contributed by atoms with Gasteiger partial charge in [0, 0.05) is 61.3 Å². The summed E-state index contributed by atoms with van der Waals surface area (Å²) in [7, 11) is 1.61. The first-order valence-electron chi connectivity index (χ1n) is 11.9. The van der Waals surface area contributed by atoms with Crippen molar-refractivity contribution in [3.63, 3.8) is 0 Å². The van der Waals surface area contributed by atoms with Gasteiger partial charge in [0.25, 0.3) is 0 Å². The van der Waals surface area contributed by atoms with Crippen LogP contribution in [0.15, 0.2) is 35.1 Å². The molecule has 2 aliphatic rings. The van der Waals surface area contributed by atoms with Crippen LogP contribution in [-0.4, -0.2) is 51.5 Å². The van der Waals surface area contributed by atoms with Crippen LogP contribution in [0.4, 0.5) is 0 Å². The van der Waals surface area contributed by atoms with E-state index in [4.69, 9.17) is 9.26 Å². The van der Waals surface area contributed by atoms with Gasteiger partial charge in [0.05, 0.1) is 19.3 Å². The van der Waals surface area contributed by atoms with Gasteiger partial charge in [0.2, 0.25) is 5.91 Å². The van der Waals surface area contributed by atoms with E-state index in [9.17, 15) is 9.59 Å². The second kappa shape index (κ2) is 9.08. The molecular weight excluding hydrogens is 432 g/mol. The second-order valence-electron chi connectivity index (χ2n) is 9.35. The van der Waals surface area contributed by atoms with Gasteiger partial charge in [-0.3, -0.25) is 9.59 Å². The lowest BCUT2D eigenvalue weighted by atomic mass is 9.93. The van der Waals surface area contributed by atoms with E-state index in [0.29, 0.717) is 38.4 Å². The molecule has 1 atom stereocenters. The topological polar surface area (TPSA) is 90.5 Å². The standard InChI is InChI=1S/C26H30N4O4/c1-16-23(17(2)34-28-16)15-30-11-8-27-26(30)18-6-9-29(10-7-18)25(32)13-19-12-24(31)21-5-4-20(33-3)14-22(19)21/h4-5,8,11,14,18-19H,6-7,9-10,12-13,15H2,1-3H3. The molecular formula is C26H30N4O4. The Morgan fingerprint density at radius 2 is 2.03 bits per heavy atom. The predicted octanol–water partition coefficient (Wildman–Crippen LogP) is 4.01. The minimum atomic E-state index is -0.0724. The maximum absolute atomic E-state index is 13.1. The van der Waals surface area contributed by atoms with E-state index in [0.717, 1.165) is 52.6 Å². The fourth-order valence-corrected chi connectivity index (χ4v) is 5.32. The second-order valence-corrected chi connectivity index (χ2v) is 9.35. The number of imidazole rings is 1. The van der Waals surface area contributed by atoms with Crippen LogP contribution in [0.3, 0.4) is 0 Å². The Kier molecular flexibility index (Phi) is 5.98. The van der Waals surface area contributed by atoms with Crippen LogP contribution in [0.2, 0.25) is 0 Å². The number of aromatic nitrogens is 3. The number of likely N-dealkylation sites (tertiary alicyclic amines) is 1. The minimum absolute atomic E-state index is 0.0724. The van der Waals surface area contributed by atoms with E-state index in [1.165, 1.54) is 0 Å². The molecule has 8 heteroatoms. The summed E-state index contributed by atoms with van der Waals surface area (Å²) in [5, 5.41) is 4.06. The number of ketones is 1. The van der Waals surface area contributed by atoms with Gasteiger partial charge in [0.15, 0.2) is 5.78 Å². The summed E-state index contributed by atoms with van der Waals surface area (Å²) in [6, 6.07) is 5.53. The van der Waals surface area contributed by atoms with Gasteiger partial charge >= 0.3 is 0 Å². The number of benzene rings is 1. The van der Waals surface area contributed by atoms with Crippen molar-refractivity contribution in [3.8, 4) is 5.75 Å². The highest BCUT2D eigenvalue weighted by atomic mass is 16.5. The van der Waals surface area contributed by atoms with Crippen LogP contribution in [0.25, 0.3) is 0 Å². The van der Waals surface area contributed by atoms with E-state index < -0.39 is 0 Å². The Balaban J connectivity index is 1.21. The van der Waals surface area contributed by atoms with Crippen molar-refractivity contribution >= 4 is 11.7 Å². The number of piperidine rings is 1. The quantitative estimate of drug-likeness (QED) is 0.550. The third-order valence-corrected chi connectivity index (χ3v) is 7.32. The molecule has 0 spiro atoms. The number of fused-ring (bicyclic) bond motifs is 1. The molecule has 5 rings (SSSR count). The third-order valence-electron chi connectivity index (χ3n) is 7.32. The summed E-state index contributed by atoms with van der Waals surface area (Å²) >= 11 is 0. The highest BCUT2D eigenvalue weighted by molar-refractivity contribution is 6.02. The van der Waals surface area contributed by atoms with Crippen molar-refractivity contribution in [1.29, 1.82) is 0 Å². The van der Waals surface area contributed by atoms with Gasteiger partial charge in [-0.2, -0.15) is 0 Å². The Morgan fingerprint density at radius 3 is 2.74 bits per heavy atom. The first kappa shape index (κ1) is 22.4. The lowest BCUT2D eigenvalue weighted by Gasteiger charge is -2.32. The van der Waals surface area contributed by atoms with Crippen LogP contribution in [-0.2, 0) is 11.3 Å². The number of carbonyl (C=O) groups excluding carboxylic acids is 2. The molecule has 2 aromatic heterocycles. The molecule has 0 radical (unpaired) electrons. The Hall–Kier alpha value is -3.42. The summed E-state index contributed by atoms with van der Waals surface area (Å²) < 4.78 is 12.8. The molecule has 8 nitrogen and oxygen atoms in total. The monoisotopic (exact) mass is 462 g/mol. The number of rotatable bonds is 6. The Bertz CT molecular complexity index is 1200. The maximum atomic E-state index is 13.1. The number of nitrogens with zero attached hydrogens (tertiary/aromatic N) is 4. The first-order valence-corrected chi connectivity index (χ1v) is 11.9. The predicted molar refractivity (Wildman–Crippen MR) is 125 cm³/mol. The van der Waals surface area contributed by atoms with Crippen molar-refractivity contribution in [1.82, 2.24) is 19.6 Å². The first-order chi connectivity index (χ1) is 16.4. The van der Waals surface area contributed by atoms with Crippen LogP contribution in [0.5, 0.6) is 5.75 Å². The van der Waals surface area contributed by atoms with Crippen LogP contribution in [0, 0.1) is 13.8 Å². The average Bonchev–Trinajstić information content (AvgIpc) is 3.53. The van der Waals surface area contributed by atoms with E-state index in [-0.39, 0.29) is 17.6 Å². The van der Waals surface area contributed by atoms with Crippen LogP contribution < -0.4 is 4.74 Å². The normalized spacial score (nSPS) is 18.4. The molecule has 0 N–H and O–H groups in total. The zero-order valence-electron chi connectivity index (χ0n) is 19.9. The number of hydrogen-bond donors (Lipinski definition) is 0. The Morgan fingerprint density at radius 1 is 1.24 bits per heavy atom. The van der Waals surface area contributed by atoms with Crippen LogP contribution >= 0.6 is 0 Å². The number of methoxy groups -OCH3 is 1. The highest BCUT2D eigenvalue weighted by Gasteiger charge is 2.34.